The number of nitrogens with one attached hydrogen (secondary N) is 1. The van der Waals surface area contributed by atoms with E-state index in [0.717, 1.165) is 36.0 Å². The first kappa shape index (κ1) is 19.7. The predicted octanol–water partition coefficient (Wildman–Crippen LogP) is 2.42. The Morgan fingerprint density at radius 1 is 1.41 bits per heavy atom. The molecule has 1 aromatic rings. The molecular weight excluding hydrogens is 388 g/mol. The van der Waals surface area contributed by atoms with Gasteiger partial charge in [0.15, 0.2) is 5.78 Å². The maximum absolute atomic E-state index is 12.1. The molecule has 1 saturated heterocycles. The van der Waals surface area contributed by atoms with Crippen LogP contribution in [0.15, 0.2) is 35.3 Å². The number of benzene rings is 1. The number of para-hydroxylation sites is 1. The van der Waals surface area contributed by atoms with Crippen molar-refractivity contribution in [2.24, 2.45) is 0 Å². The van der Waals surface area contributed by atoms with Gasteiger partial charge in [-0.15, -0.1) is 0 Å². The van der Waals surface area contributed by atoms with Crippen LogP contribution in [-0.2, 0) is 19.1 Å². The van der Waals surface area contributed by atoms with Crippen LogP contribution >= 0.6 is 23.4 Å². The number of ketones is 1. The molecule has 1 fully saturated rings. The lowest BCUT2D eigenvalue weighted by molar-refractivity contribution is -0.125. The topological polar surface area (TPSA) is 75.7 Å². The van der Waals surface area contributed by atoms with Gasteiger partial charge < -0.3 is 15.0 Å². The van der Waals surface area contributed by atoms with Gasteiger partial charge in [0.1, 0.15) is 6.61 Å². The van der Waals surface area contributed by atoms with Crippen molar-refractivity contribution in [3.05, 3.63) is 45.8 Å². The largest absolute Gasteiger partial charge is 0.375 e. The second kappa shape index (κ2) is 8.73. The van der Waals surface area contributed by atoms with E-state index in [9.17, 15) is 14.4 Å². The van der Waals surface area contributed by atoms with Gasteiger partial charge in [-0.2, -0.15) is 0 Å². The molecule has 1 amide bonds. The zero-order chi connectivity index (χ0) is 19.4. The van der Waals surface area contributed by atoms with Crippen LogP contribution in [0.5, 0.6) is 0 Å². The summed E-state index contributed by atoms with van der Waals surface area (Å²) in [6.07, 6.45) is 5.04. The van der Waals surface area contributed by atoms with E-state index >= 15 is 0 Å². The molecule has 0 aliphatic carbocycles. The standard InChI is InChI=1S/C19H19ClN2O4S/c1-26-11-17(24)21-13-7-8-22(10-13)19-12(3-2-4-14(19)20)9-16-15(23)5-6-18(25)27-16/h2-6,9,13H,7-8,10-11H2,1H3,(H,21,24). The van der Waals surface area contributed by atoms with E-state index in [-0.39, 0.29) is 29.5 Å². The SMILES string of the molecule is COCC(=O)NC1CCN(c2c(Cl)cccc2C=C2SC(=O)C=CC2=O)C1. The van der Waals surface area contributed by atoms with Crippen LogP contribution in [-0.4, -0.2) is 49.7 Å². The molecule has 0 bridgehead atoms. The Labute approximate surface area is 166 Å². The number of rotatable bonds is 5. The van der Waals surface area contributed by atoms with Crippen molar-refractivity contribution in [3.8, 4) is 0 Å². The summed E-state index contributed by atoms with van der Waals surface area (Å²) in [4.78, 5) is 37.9. The third kappa shape index (κ3) is 4.80. The van der Waals surface area contributed by atoms with E-state index in [1.165, 1.54) is 19.3 Å². The number of hydrogen-bond acceptors (Lipinski definition) is 6. The molecule has 27 heavy (non-hydrogen) atoms. The minimum atomic E-state index is -0.198. The number of hydrogen-bond donors (Lipinski definition) is 1. The third-order valence-electron chi connectivity index (χ3n) is 4.27. The highest BCUT2D eigenvalue weighted by atomic mass is 35.5. The van der Waals surface area contributed by atoms with E-state index < -0.39 is 0 Å². The monoisotopic (exact) mass is 406 g/mol. The fourth-order valence-electron chi connectivity index (χ4n) is 3.12. The molecule has 2 aliphatic heterocycles. The lowest BCUT2D eigenvalue weighted by Gasteiger charge is -2.23. The fourth-order valence-corrected chi connectivity index (χ4v) is 4.13. The van der Waals surface area contributed by atoms with Crippen LogP contribution in [0.3, 0.4) is 0 Å². The normalized spacial score (nSPS) is 21.2. The maximum atomic E-state index is 12.1. The molecule has 8 heteroatoms. The van der Waals surface area contributed by atoms with Crippen molar-refractivity contribution in [2.75, 3.05) is 31.7 Å². The summed E-state index contributed by atoms with van der Waals surface area (Å²) >= 11 is 7.36. The molecule has 2 heterocycles. The molecule has 142 valence electrons. The third-order valence-corrected chi connectivity index (χ3v) is 5.46. The van der Waals surface area contributed by atoms with Crippen LogP contribution in [0.2, 0.25) is 5.02 Å². The molecule has 1 atom stereocenters. The van der Waals surface area contributed by atoms with E-state index in [4.69, 9.17) is 16.3 Å². The Morgan fingerprint density at radius 2 is 2.22 bits per heavy atom. The van der Waals surface area contributed by atoms with Crippen molar-refractivity contribution in [3.63, 3.8) is 0 Å². The number of carbonyl (C=O) groups excluding carboxylic acids is 3. The molecule has 3 rings (SSSR count). The average molecular weight is 407 g/mol. The number of anilines is 1. The highest BCUT2D eigenvalue weighted by Crippen LogP contribution is 2.36. The lowest BCUT2D eigenvalue weighted by Crippen LogP contribution is -2.39. The molecule has 6 nitrogen and oxygen atoms in total. The summed E-state index contributed by atoms with van der Waals surface area (Å²) in [5.74, 6) is -0.350. The van der Waals surface area contributed by atoms with Gasteiger partial charge in [0.2, 0.25) is 11.0 Å². The van der Waals surface area contributed by atoms with E-state index in [1.807, 2.05) is 12.1 Å². The number of methoxy groups -OCH3 is 1. The summed E-state index contributed by atoms with van der Waals surface area (Å²) < 4.78 is 4.85. The van der Waals surface area contributed by atoms with Crippen LogP contribution in [0, 0.1) is 0 Å². The smallest absolute Gasteiger partial charge is 0.246 e. The zero-order valence-corrected chi connectivity index (χ0v) is 16.3. The van der Waals surface area contributed by atoms with Crippen molar-refractivity contribution in [2.45, 2.75) is 12.5 Å². The Bertz CT molecular complexity index is 837. The van der Waals surface area contributed by atoms with E-state index in [0.29, 0.717) is 16.5 Å². The lowest BCUT2D eigenvalue weighted by atomic mass is 10.1. The van der Waals surface area contributed by atoms with Crippen molar-refractivity contribution in [1.29, 1.82) is 0 Å². The summed E-state index contributed by atoms with van der Waals surface area (Å²) in [7, 11) is 1.48. The van der Waals surface area contributed by atoms with Crippen LogP contribution in [0.1, 0.15) is 12.0 Å². The number of amides is 1. The van der Waals surface area contributed by atoms with Gasteiger partial charge in [-0.3, -0.25) is 14.4 Å². The molecule has 0 saturated carbocycles. The van der Waals surface area contributed by atoms with Crippen LogP contribution < -0.4 is 10.2 Å². The molecule has 1 unspecified atom stereocenters. The minimum absolute atomic E-state index is 0.000348. The Balaban J connectivity index is 1.83. The fraction of sp³-hybridized carbons (Fsp3) is 0.316. The van der Waals surface area contributed by atoms with Gasteiger partial charge in [-0.25, -0.2) is 0 Å². The molecule has 1 N–H and O–H groups in total. The molecule has 2 aliphatic rings. The number of carbonyl (C=O) groups is 3. The Hall–Kier alpha value is -2.09. The molecule has 0 radical (unpaired) electrons. The first-order chi connectivity index (χ1) is 13.0. The second-order valence-corrected chi connectivity index (χ2v) is 7.69. The highest BCUT2D eigenvalue weighted by molar-refractivity contribution is 8.18. The van der Waals surface area contributed by atoms with Crippen molar-refractivity contribution >= 4 is 51.9 Å². The first-order valence-electron chi connectivity index (χ1n) is 8.45. The number of halogens is 1. The van der Waals surface area contributed by atoms with Crippen LogP contribution in [0.25, 0.3) is 6.08 Å². The van der Waals surface area contributed by atoms with Crippen molar-refractivity contribution < 1.29 is 19.1 Å². The quantitative estimate of drug-likeness (QED) is 0.757. The zero-order valence-electron chi connectivity index (χ0n) is 14.7. The van der Waals surface area contributed by atoms with Gasteiger partial charge in [-0.05, 0) is 42.5 Å². The Kier molecular flexibility index (Phi) is 6.36. The first-order valence-corrected chi connectivity index (χ1v) is 9.65. The maximum Gasteiger partial charge on any atom is 0.246 e. The number of nitrogens with zero attached hydrogens (tertiary/aromatic N) is 1. The molecule has 0 aromatic heterocycles. The molecular formula is C19H19ClN2O4S. The van der Waals surface area contributed by atoms with Gasteiger partial charge >= 0.3 is 0 Å². The summed E-state index contributed by atoms with van der Waals surface area (Å²) in [6, 6.07) is 5.46. The summed E-state index contributed by atoms with van der Waals surface area (Å²) in [5.41, 5.74) is 1.57. The molecule has 1 aromatic carbocycles. The summed E-state index contributed by atoms with van der Waals surface area (Å²) in [6.45, 7) is 1.36. The summed E-state index contributed by atoms with van der Waals surface area (Å²) in [5, 5.41) is 3.32. The van der Waals surface area contributed by atoms with E-state index in [1.54, 1.807) is 12.1 Å². The van der Waals surface area contributed by atoms with Crippen LogP contribution in [0.4, 0.5) is 5.69 Å². The van der Waals surface area contributed by atoms with Gasteiger partial charge in [0, 0.05) is 31.8 Å². The van der Waals surface area contributed by atoms with Crippen molar-refractivity contribution in [1.82, 2.24) is 5.32 Å². The van der Waals surface area contributed by atoms with Gasteiger partial charge in [-0.1, -0.05) is 23.7 Å². The predicted molar refractivity (Wildman–Crippen MR) is 107 cm³/mol. The van der Waals surface area contributed by atoms with Gasteiger partial charge in [0.05, 0.1) is 15.6 Å². The van der Waals surface area contributed by atoms with Gasteiger partial charge in [0.25, 0.3) is 0 Å². The Morgan fingerprint density at radius 3 is 3.00 bits per heavy atom. The minimum Gasteiger partial charge on any atom is -0.375 e. The highest BCUT2D eigenvalue weighted by Gasteiger charge is 2.27. The number of thioether (sulfide) groups is 1. The number of ether oxygens (including phenoxy) is 1. The molecule has 0 spiro atoms. The second-order valence-electron chi connectivity index (χ2n) is 6.24. The average Bonchev–Trinajstić information content (AvgIpc) is 3.06. The number of allylic oxidation sites excluding steroid dienone is 2. The van der Waals surface area contributed by atoms with E-state index in [2.05, 4.69) is 10.2 Å².